The minimum absolute atomic E-state index is 0.167. The highest BCUT2D eigenvalue weighted by Gasteiger charge is 2.10. The molecule has 0 saturated carbocycles. The molecule has 0 bridgehead atoms. The topological polar surface area (TPSA) is 98.7 Å². The highest BCUT2D eigenvalue weighted by Crippen LogP contribution is 2.28. The molecule has 6 nitrogen and oxygen atoms in total. The molecule has 4 N–H and O–H groups in total. The molecule has 2 aromatic carbocycles. The normalized spacial score (nSPS) is 11.3. The first-order valence-electron chi connectivity index (χ1n) is 6.21. The Bertz CT molecular complexity index is 727. The molecule has 21 heavy (non-hydrogen) atoms. The van der Waals surface area contributed by atoms with Crippen LogP contribution in [0.1, 0.15) is 5.56 Å². The summed E-state index contributed by atoms with van der Waals surface area (Å²) in [7, 11) is -2.09. The van der Waals surface area contributed by atoms with Gasteiger partial charge in [0.05, 0.1) is 4.90 Å². The van der Waals surface area contributed by atoms with Crippen molar-refractivity contribution in [2.75, 3.05) is 12.4 Å². The Morgan fingerprint density at radius 1 is 1.05 bits per heavy atom. The molecule has 0 atom stereocenters. The third kappa shape index (κ3) is 3.45. The van der Waals surface area contributed by atoms with E-state index in [9.17, 15) is 18.6 Å². The fourth-order valence-electron chi connectivity index (χ4n) is 1.79. The predicted molar refractivity (Wildman–Crippen MR) is 79.8 cm³/mol. The van der Waals surface area contributed by atoms with Crippen molar-refractivity contribution in [2.24, 2.45) is 0 Å². The lowest BCUT2D eigenvalue weighted by atomic mass is 10.2. The quantitative estimate of drug-likeness (QED) is 0.629. The predicted octanol–water partition coefficient (Wildman–Crippen LogP) is 1.62. The van der Waals surface area contributed by atoms with E-state index in [1.807, 2.05) is 0 Å². The molecule has 0 aliphatic heterocycles. The fourth-order valence-corrected chi connectivity index (χ4v) is 2.52. The van der Waals surface area contributed by atoms with Crippen molar-refractivity contribution in [1.82, 2.24) is 4.72 Å². The van der Waals surface area contributed by atoms with E-state index in [1.165, 1.54) is 25.2 Å². The number of phenolic OH excluding ortho intramolecular Hbond substituents is 2. The average molecular weight is 308 g/mol. The van der Waals surface area contributed by atoms with Gasteiger partial charge in [0.25, 0.3) is 0 Å². The second kappa shape index (κ2) is 6.02. The standard InChI is InChI=1S/C14H16N2O4S/c1-15-21(19,20)12-7-5-11(6-8-12)16-9-10-3-2-4-13(17)14(10)18/h2-8,15-18H,9H2,1H3. The van der Waals surface area contributed by atoms with E-state index < -0.39 is 10.0 Å². The summed E-state index contributed by atoms with van der Waals surface area (Å²) >= 11 is 0. The van der Waals surface area contributed by atoms with Crippen molar-refractivity contribution in [3.63, 3.8) is 0 Å². The van der Waals surface area contributed by atoms with Crippen molar-refractivity contribution < 1.29 is 18.6 Å². The van der Waals surface area contributed by atoms with E-state index in [1.54, 1.807) is 24.3 Å². The number of hydrogen-bond acceptors (Lipinski definition) is 5. The van der Waals surface area contributed by atoms with Gasteiger partial charge in [-0.15, -0.1) is 0 Å². The third-order valence-corrected chi connectivity index (χ3v) is 4.44. The Morgan fingerprint density at radius 2 is 1.71 bits per heavy atom. The summed E-state index contributed by atoms with van der Waals surface area (Å²) in [6.07, 6.45) is 0. The first-order chi connectivity index (χ1) is 9.94. The third-order valence-electron chi connectivity index (χ3n) is 3.01. The Kier molecular flexibility index (Phi) is 4.35. The summed E-state index contributed by atoms with van der Waals surface area (Å²) < 4.78 is 25.4. The van der Waals surface area contributed by atoms with Crippen LogP contribution >= 0.6 is 0 Å². The van der Waals surface area contributed by atoms with Crippen LogP contribution in [0.15, 0.2) is 47.4 Å². The summed E-state index contributed by atoms with van der Waals surface area (Å²) in [6.45, 7) is 0.304. The molecule has 0 radical (unpaired) electrons. The van der Waals surface area contributed by atoms with Crippen molar-refractivity contribution in [2.45, 2.75) is 11.4 Å². The highest BCUT2D eigenvalue weighted by molar-refractivity contribution is 7.89. The highest BCUT2D eigenvalue weighted by atomic mass is 32.2. The van der Waals surface area contributed by atoms with Gasteiger partial charge in [0.15, 0.2) is 11.5 Å². The molecule has 0 amide bonds. The van der Waals surface area contributed by atoms with Gasteiger partial charge in [0.1, 0.15) is 0 Å². The maximum absolute atomic E-state index is 11.6. The molecule has 0 fully saturated rings. The molecule has 0 heterocycles. The summed E-state index contributed by atoms with van der Waals surface area (Å²) in [5.74, 6) is -0.343. The molecule has 0 saturated heterocycles. The van der Waals surface area contributed by atoms with Gasteiger partial charge in [-0.2, -0.15) is 0 Å². The van der Waals surface area contributed by atoms with Crippen molar-refractivity contribution in [3.8, 4) is 11.5 Å². The fraction of sp³-hybridized carbons (Fsp3) is 0.143. The number of rotatable bonds is 5. The largest absolute Gasteiger partial charge is 0.504 e. The maximum Gasteiger partial charge on any atom is 0.240 e. The lowest BCUT2D eigenvalue weighted by molar-refractivity contribution is 0.400. The summed E-state index contributed by atoms with van der Waals surface area (Å²) in [4.78, 5) is 0.177. The van der Waals surface area contributed by atoms with Gasteiger partial charge >= 0.3 is 0 Å². The van der Waals surface area contributed by atoms with Gasteiger partial charge in [-0.1, -0.05) is 12.1 Å². The monoisotopic (exact) mass is 308 g/mol. The van der Waals surface area contributed by atoms with Crippen LogP contribution in [0.3, 0.4) is 0 Å². The molecule has 0 unspecified atom stereocenters. The Labute approximate surface area is 123 Å². The van der Waals surface area contributed by atoms with E-state index in [4.69, 9.17) is 0 Å². The van der Waals surface area contributed by atoms with Crippen LogP contribution in [0.4, 0.5) is 5.69 Å². The van der Waals surface area contributed by atoms with Crippen molar-refractivity contribution in [3.05, 3.63) is 48.0 Å². The molecule has 2 rings (SSSR count). The number of anilines is 1. The second-order valence-electron chi connectivity index (χ2n) is 4.37. The summed E-state index contributed by atoms with van der Waals surface area (Å²) in [5, 5.41) is 22.1. The van der Waals surface area contributed by atoms with Gasteiger partial charge in [-0.05, 0) is 37.4 Å². The van der Waals surface area contributed by atoms with Crippen LogP contribution in [0.5, 0.6) is 11.5 Å². The van der Waals surface area contributed by atoms with Crippen LogP contribution in [0.2, 0.25) is 0 Å². The van der Waals surface area contributed by atoms with Gasteiger partial charge in [-0.3, -0.25) is 0 Å². The smallest absolute Gasteiger partial charge is 0.240 e. The average Bonchev–Trinajstić information content (AvgIpc) is 2.49. The lowest BCUT2D eigenvalue weighted by Crippen LogP contribution is -2.18. The number of para-hydroxylation sites is 1. The number of nitrogens with one attached hydrogen (secondary N) is 2. The molecular weight excluding hydrogens is 292 g/mol. The molecule has 0 aliphatic rings. The number of phenols is 2. The van der Waals surface area contributed by atoms with Crippen LogP contribution in [0.25, 0.3) is 0 Å². The molecule has 0 aliphatic carbocycles. The maximum atomic E-state index is 11.6. The molecule has 7 heteroatoms. The van der Waals surface area contributed by atoms with E-state index in [2.05, 4.69) is 10.0 Å². The number of hydrogen-bond donors (Lipinski definition) is 4. The van der Waals surface area contributed by atoms with Crippen LogP contribution < -0.4 is 10.0 Å². The van der Waals surface area contributed by atoms with Gasteiger partial charge in [0, 0.05) is 17.8 Å². The zero-order valence-corrected chi connectivity index (χ0v) is 12.2. The zero-order valence-electron chi connectivity index (χ0n) is 11.4. The molecule has 112 valence electrons. The second-order valence-corrected chi connectivity index (χ2v) is 6.26. The van der Waals surface area contributed by atoms with Crippen molar-refractivity contribution >= 4 is 15.7 Å². The Balaban J connectivity index is 2.09. The molecule has 0 spiro atoms. The molecule has 0 aromatic heterocycles. The minimum atomic E-state index is -3.45. The van der Waals surface area contributed by atoms with E-state index in [0.29, 0.717) is 17.8 Å². The minimum Gasteiger partial charge on any atom is -0.504 e. The van der Waals surface area contributed by atoms with E-state index >= 15 is 0 Å². The Hall–Kier alpha value is -2.25. The zero-order chi connectivity index (χ0) is 15.5. The van der Waals surface area contributed by atoms with Crippen LogP contribution in [0, 0.1) is 0 Å². The Morgan fingerprint density at radius 3 is 2.33 bits per heavy atom. The lowest BCUT2D eigenvalue weighted by Gasteiger charge is -2.10. The van der Waals surface area contributed by atoms with E-state index in [-0.39, 0.29) is 16.4 Å². The van der Waals surface area contributed by atoms with Crippen molar-refractivity contribution in [1.29, 1.82) is 0 Å². The number of aromatic hydroxyl groups is 2. The first-order valence-corrected chi connectivity index (χ1v) is 7.69. The summed E-state index contributed by atoms with van der Waals surface area (Å²) in [6, 6.07) is 10.9. The van der Waals surface area contributed by atoms with Crippen LogP contribution in [-0.4, -0.2) is 25.7 Å². The molecule has 2 aromatic rings. The SMILES string of the molecule is CNS(=O)(=O)c1ccc(NCc2cccc(O)c2O)cc1. The first kappa shape index (κ1) is 15.1. The van der Waals surface area contributed by atoms with Gasteiger partial charge in [0.2, 0.25) is 10.0 Å². The van der Waals surface area contributed by atoms with Crippen LogP contribution in [-0.2, 0) is 16.6 Å². The number of benzene rings is 2. The van der Waals surface area contributed by atoms with Gasteiger partial charge in [-0.25, -0.2) is 13.1 Å². The van der Waals surface area contributed by atoms with Gasteiger partial charge < -0.3 is 15.5 Å². The summed E-state index contributed by atoms with van der Waals surface area (Å²) in [5.41, 5.74) is 1.25. The number of sulfonamides is 1. The molecular formula is C14H16N2O4S. The van der Waals surface area contributed by atoms with E-state index in [0.717, 1.165) is 0 Å².